The van der Waals surface area contributed by atoms with Gasteiger partial charge in [-0.3, -0.25) is 0 Å². The molecule has 0 heterocycles. The fourth-order valence-corrected chi connectivity index (χ4v) is 16.1. The van der Waals surface area contributed by atoms with Crippen molar-refractivity contribution in [2.75, 3.05) is 0 Å². The predicted octanol–water partition coefficient (Wildman–Crippen LogP) is 15.2. The summed E-state index contributed by atoms with van der Waals surface area (Å²) in [5.74, 6) is 10.4. The van der Waals surface area contributed by atoms with Gasteiger partial charge >= 0.3 is 15.9 Å². The van der Waals surface area contributed by atoms with Crippen molar-refractivity contribution < 1.29 is 12.7 Å². The molecular weight excluding hydrogens is 783 g/mol. The molecule has 8 saturated carbocycles. The van der Waals surface area contributed by atoms with E-state index in [0.717, 1.165) is 59.2 Å². The van der Waals surface area contributed by atoms with Crippen LogP contribution in [-0.4, -0.2) is 66.8 Å². The minimum Gasteiger partial charge on any atom is -0.479 e. The van der Waals surface area contributed by atoms with E-state index >= 15 is 0 Å². The van der Waals surface area contributed by atoms with Crippen molar-refractivity contribution in [2.45, 2.75) is 249 Å². The number of aliphatic hydroxyl groups is 1. The van der Waals surface area contributed by atoms with Crippen LogP contribution in [0.3, 0.4) is 0 Å². The van der Waals surface area contributed by atoms with E-state index in [-0.39, 0.29) is 53.4 Å². The molecule has 3 nitrogen and oxygen atoms in total. The van der Waals surface area contributed by atoms with Gasteiger partial charge in [0.2, 0.25) is 0 Å². The number of rotatable bonds is 2. The van der Waals surface area contributed by atoms with E-state index in [2.05, 4.69) is 41.5 Å². The summed E-state index contributed by atoms with van der Waals surface area (Å²) in [4.78, 5) is 1.43. The molecule has 60 heavy (non-hydrogen) atoms. The summed E-state index contributed by atoms with van der Waals surface area (Å²) < 4.78 is 10.9. The SMILES string of the molecule is C.CC(C)(C)O.CC(C)(C)[O][Al][O]C(C)(C)C.CC1(C)CC[C@H]2[C@H](CC[C@@H]3[C@@H]2CC[C@]2(C)C(=S)CC[C@@H]32)C1.CC1(C)CC[C@H]2[C@H](CC[C@@H]3[C@@H]2CC[C@]2(C)[C@@H](S)CC[C@@H]32)C1.[Li]. The molecule has 0 spiro atoms. The fourth-order valence-electron chi connectivity index (χ4n) is 14.7. The Morgan fingerprint density at radius 3 is 1.43 bits per heavy atom. The van der Waals surface area contributed by atoms with Gasteiger partial charge in [0.25, 0.3) is 0 Å². The van der Waals surface area contributed by atoms with Crippen LogP contribution in [0, 0.1) is 80.8 Å². The molecule has 13 atom stereocenters. The molecule has 0 aromatic carbocycles. The maximum atomic E-state index is 8.52. The van der Waals surface area contributed by atoms with Crippen molar-refractivity contribution in [3.05, 3.63) is 0 Å². The molecule has 7 heteroatoms. The van der Waals surface area contributed by atoms with E-state index in [9.17, 15) is 0 Å². The second kappa shape index (κ2) is 21.2. The molecule has 0 unspecified atom stereocenters. The Morgan fingerprint density at radius 1 is 0.567 bits per heavy atom. The third-order valence-electron chi connectivity index (χ3n) is 17.4. The average Bonchev–Trinajstić information content (AvgIpc) is 3.55. The minimum absolute atomic E-state index is 0. The van der Waals surface area contributed by atoms with Gasteiger partial charge in [-0.2, -0.15) is 12.6 Å². The number of fused-ring (bicyclic) bond motifs is 10. The van der Waals surface area contributed by atoms with Crippen molar-refractivity contribution in [2.24, 2.45) is 80.8 Å². The zero-order chi connectivity index (χ0) is 43.3. The maximum absolute atomic E-state index is 8.52. The fraction of sp³-hybridized carbons (Fsp3) is 0.981. The molecular formula is C53H98AlLiO3S2. The van der Waals surface area contributed by atoms with E-state index < -0.39 is 5.60 Å². The van der Waals surface area contributed by atoms with E-state index in [1.54, 1.807) is 33.6 Å². The van der Waals surface area contributed by atoms with Crippen LogP contribution in [0.25, 0.3) is 0 Å². The predicted molar refractivity (Wildman–Crippen MR) is 269 cm³/mol. The van der Waals surface area contributed by atoms with Crippen LogP contribution >= 0.6 is 24.8 Å². The Kier molecular flexibility index (Phi) is 19.7. The first kappa shape index (κ1) is 55.8. The Balaban J connectivity index is 0.000000234. The van der Waals surface area contributed by atoms with Gasteiger partial charge in [-0.05, 0) is 258 Å². The van der Waals surface area contributed by atoms with Gasteiger partial charge in [0.1, 0.15) is 0 Å². The number of thiol groups is 1. The molecule has 8 fully saturated rings. The first-order chi connectivity index (χ1) is 26.5. The molecule has 8 aliphatic carbocycles. The van der Waals surface area contributed by atoms with Gasteiger partial charge in [0, 0.05) is 40.7 Å². The molecule has 0 aromatic rings. The minimum atomic E-state index is -0.500. The Hall–Kier alpha value is 1.45. The van der Waals surface area contributed by atoms with Crippen molar-refractivity contribution in [1.82, 2.24) is 0 Å². The van der Waals surface area contributed by atoms with Crippen LogP contribution in [0.5, 0.6) is 0 Å². The Labute approximate surface area is 404 Å². The first-order valence-electron chi connectivity index (χ1n) is 24.6. The van der Waals surface area contributed by atoms with Gasteiger partial charge in [-0.1, -0.05) is 61.2 Å². The topological polar surface area (TPSA) is 38.7 Å². The monoisotopic (exact) mass is 881 g/mol. The zero-order valence-electron chi connectivity index (χ0n) is 41.8. The van der Waals surface area contributed by atoms with E-state index in [4.69, 9.17) is 37.5 Å². The Morgan fingerprint density at radius 2 is 0.983 bits per heavy atom. The molecule has 0 saturated heterocycles. The first-order valence-corrected chi connectivity index (χ1v) is 26.5. The van der Waals surface area contributed by atoms with E-state index in [1.165, 1.54) is 108 Å². The zero-order valence-corrected chi connectivity index (χ0v) is 44.6. The molecule has 0 aliphatic heterocycles. The van der Waals surface area contributed by atoms with Gasteiger partial charge < -0.3 is 12.7 Å². The molecule has 8 rings (SSSR count). The summed E-state index contributed by atoms with van der Waals surface area (Å²) >= 11 is 10.4. The van der Waals surface area contributed by atoms with Gasteiger partial charge in [0.15, 0.2) is 0 Å². The molecule has 0 bridgehead atoms. The molecule has 2 radical (unpaired) electrons. The van der Waals surface area contributed by atoms with Crippen LogP contribution in [0.4, 0.5) is 0 Å². The number of hydrogen-bond acceptors (Lipinski definition) is 5. The van der Waals surface area contributed by atoms with E-state index in [1.807, 2.05) is 41.5 Å². The van der Waals surface area contributed by atoms with Gasteiger partial charge in [0.05, 0.1) is 5.60 Å². The Bertz CT molecular complexity index is 1340. The molecule has 1 N–H and O–H groups in total. The number of thiocarbonyl (C=S) groups is 1. The summed E-state index contributed by atoms with van der Waals surface area (Å²) in [5.41, 5.74) is 1.62. The molecule has 8 aliphatic rings. The number of hydrogen-bond donors (Lipinski definition) is 2. The largest absolute Gasteiger partial charge is 0.669 e. The maximum Gasteiger partial charge on any atom is 0.669 e. The summed E-state index contributed by atoms with van der Waals surface area (Å²) in [6, 6.07) is 0. The van der Waals surface area contributed by atoms with Gasteiger partial charge in [-0.15, -0.1) is 0 Å². The van der Waals surface area contributed by atoms with Gasteiger partial charge in [-0.25, -0.2) is 0 Å². The smallest absolute Gasteiger partial charge is 0.479 e. The average molecular weight is 881 g/mol. The second-order valence-electron chi connectivity index (χ2n) is 26.5. The third kappa shape index (κ3) is 14.2. The van der Waals surface area contributed by atoms with Crippen molar-refractivity contribution in [3.63, 3.8) is 0 Å². The van der Waals surface area contributed by atoms with Crippen LogP contribution in [0.1, 0.15) is 227 Å². The van der Waals surface area contributed by atoms with Crippen LogP contribution in [0.2, 0.25) is 0 Å². The summed E-state index contributed by atoms with van der Waals surface area (Å²) in [6.45, 7) is 32.5. The summed E-state index contributed by atoms with van der Waals surface area (Å²) in [5, 5.41) is 9.21. The summed E-state index contributed by atoms with van der Waals surface area (Å²) in [7, 11) is 0. The standard InChI is InChI=1S/C20H34S.C20H32S.C4H10O.2C4H9O.CH4.Al.Li/c2*1-19(2)10-8-14-13(12-19)4-5-16-15(14)9-11-20(3)17(16)6-7-18(20)21;3*1-4(2,3)5;;;/h13-18,21H,4-12H2,1-3H3;13-17H,4-12H2,1-3H3;5H,1-3H3;2*1-3H3;1H4;;/q;;;2*-1;;+2;/t13-,14+,15-,16-,17+,18+,20+;13-,14+,15-,16-,17+,20+;;;;;;/m11....../s1. The molecule has 344 valence electrons. The summed E-state index contributed by atoms with van der Waals surface area (Å²) in [6.07, 6.45) is 26.6. The molecule has 0 aromatic heterocycles. The van der Waals surface area contributed by atoms with Crippen LogP contribution < -0.4 is 0 Å². The molecule has 0 amide bonds. The normalized spacial score (nSPS) is 41.0. The second-order valence-corrected chi connectivity index (χ2v) is 28.2. The van der Waals surface area contributed by atoms with Crippen LogP contribution in [-0.2, 0) is 7.58 Å². The van der Waals surface area contributed by atoms with E-state index in [0.29, 0.717) is 26.9 Å². The van der Waals surface area contributed by atoms with Crippen molar-refractivity contribution in [1.29, 1.82) is 0 Å². The quantitative estimate of drug-likeness (QED) is 0.165. The van der Waals surface area contributed by atoms with Crippen molar-refractivity contribution in [3.8, 4) is 0 Å². The van der Waals surface area contributed by atoms with Crippen molar-refractivity contribution >= 4 is 64.5 Å². The van der Waals surface area contributed by atoms with Crippen LogP contribution in [0.15, 0.2) is 0 Å². The third-order valence-corrected chi connectivity index (χ3v) is 20.6.